The van der Waals surface area contributed by atoms with Crippen molar-refractivity contribution in [1.29, 1.82) is 0 Å². The van der Waals surface area contributed by atoms with E-state index in [1.807, 2.05) is 0 Å². The fourth-order valence-electron chi connectivity index (χ4n) is 1.70. The summed E-state index contributed by atoms with van der Waals surface area (Å²) in [7, 11) is 0. The molecular formula is C13H16O. The van der Waals surface area contributed by atoms with Gasteiger partial charge in [0.1, 0.15) is 11.3 Å². The maximum absolute atomic E-state index is 5.84. The second-order valence-corrected chi connectivity index (χ2v) is 4.25. The maximum atomic E-state index is 5.84. The highest BCUT2D eigenvalue weighted by Crippen LogP contribution is 2.29. The number of hydrogen-bond acceptors (Lipinski definition) is 1. The van der Waals surface area contributed by atoms with Crippen LogP contribution in [0.2, 0.25) is 0 Å². The average Bonchev–Trinajstić information content (AvgIpc) is 2.57. The fourth-order valence-corrected chi connectivity index (χ4v) is 1.70. The zero-order chi connectivity index (χ0) is 10.3. The van der Waals surface area contributed by atoms with E-state index in [1.165, 1.54) is 16.5 Å². The predicted octanol–water partition coefficient (Wildman–Crippen LogP) is 4.17. The Kier molecular flexibility index (Phi) is 2.10. The summed E-state index contributed by atoms with van der Waals surface area (Å²) in [4.78, 5) is 0. The minimum absolute atomic E-state index is 0.459. The molecule has 0 atom stereocenters. The molecule has 0 aliphatic carbocycles. The van der Waals surface area contributed by atoms with E-state index in [0.29, 0.717) is 5.92 Å². The zero-order valence-electron chi connectivity index (χ0n) is 9.22. The molecule has 1 aromatic heterocycles. The largest absolute Gasteiger partial charge is 0.461 e. The van der Waals surface area contributed by atoms with Gasteiger partial charge in [0.05, 0.1) is 0 Å². The molecular weight excluding hydrogens is 172 g/mol. The molecule has 1 nitrogen and oxygen atoms in total. The number of benzene rings is 1. The van der Waals surface area contributed by atoms with Crippen LogP contribution in [0.4, 0.5) is 0 Å². The zero-order valence-corrected chi connectivity index (χ0v) is 9.22. The average molecular weight is 188 g/mol. The van der Waals surface area contributed by atoms with Crippen molar-refractivity contribution >= 4 is 11.0 Å². The number of hydrogen-bond donors (Lipinski definition) is 0. The molecule has 0 bridgehead atoms. The molecule has 1 heteroatoms. The molecule has 0 radical (unpaired) electrons. The van der Waals surface area contributed by atoms with E-state index in [2.05, 4.69) is 45.9 Å². The van der Waals surface area contributed by atoms with Crippen LogP contribution in [0.1, 0.15) is 36.7 Å². The molecule has 1 aromatic carbocycles. The molecule has 0 aliphatic rings. The van der Waals surface area contributed by atoms with Crippen LogP contribution in [-0.2, 0) is 0 Å². The summed E-state index contributed by atoms with van der Waals surface area (Å²) < 4.78 is 5.84. The van der Waals surface area contributed by atoms with Crippen molar-refractivity contribution in [3.63, 3.8) is 0 Å². The van der Waals surface area contributed by atoms with Crippen LogP contribution in [0.3, 0.4) is 0 Å². The van der Waals surface area contributed by atoms with E-state index in [0.717, 1.165) is 11.3 Å². The van der Waals surface area contributed by atoms with Gasteiger partial charge in [-0.1, -0.05) is 26.0 Å². The standard InChI is InChI=1S/C13H16O/c1-8(2)12-7-11-9(3)5-6-10(4)13(11)14-12/h5-8H,1-4H3. The second kappa shape index (κ2) is 3.16. The molecule has 0 unspecified atom stereocenters. The summed E-state index contributed by atoms with van der Waals surface area (Å²) in [5.41, 5.74) is 3.56. The molecule has 0 aliphatic heterocycles. The van der Waals surface area contributed by atoms with Crippen molar-refractivity contribution in [1.82, 2.24) is 0 Å². The van der Waals surface area contributed by atoms with Gasteiger partial charge in [-0.25, -0.2) is 0 Å². The first-order chi connectivity index (χ1) is 6.59. The SMILES string of the molecule is Cc1ccc(C)c2oc(C(C)C)cc12. The van der Waals surface area contributed by atoms with Gasteiger partial charge in [0.2, 0.25) is 0 Å². The lowest BCUT2D eigenvalue weighted by Crippen LogP contribution is -1.79. The first-order valence-corrected chi connectivity index (χ1v) is 5.09. The highest BCUT2D eigenvalue weighted by Gasteiger charge is 2.10. The normalized spacial score (nSPS) is 11.5. The Morgan fingerprint density at radius 3 is 2.29 bits per heavy atom. The van der Waals surface area contributed by atoms with Crippen LogP contribution in [0.15, 0.2) is 22.6 Å². The summed E-state index contributed by atoms with van der Waals surface area (Å²) >= 11 is 0. The summed E-state index contributed by atoms with van der Waals surface area (Å²) in [6.45, 7) is 8.53. The molecule has 0 N–H and O–H groups in total. The lowest BCUT2D eigenvalue weighted by molar-refractivity contribution is 0.520. The lowest BCUT2D eigenvalue weighted by Gasteiger charge is -1.97. The van der Waals surface area contributed by atoms with Gasteiger partial charge in [0.15, 0.2) is 0 Å². The van der Waals surface area contributed by atoms with E-state index in [9.17, 15) is 0 Å². The van der Waals surface area contributed by atoms with Gasteiger partial charge in [-0.3, -0.25) is 0 Å². The van der Waals surface area contributed by atoms with Crippen LogP contribution in [0, 0.1) is 13.8 Å². The first kappa shape index (κ1) is 9.32. The topological polar surface area (TPSA) is 13.1 Å². The Labute approximate surface area is 84.7 Å². The number of aryl methyl sites for hydroxylation is 2. The maximum Gasteiger partial charge on any atom is 0.137 e. The highest BCUT2D eigenvalue weighted by molar-refractivity contribution is 5.84. The van der Waals surface area contributed by atoms with Gasteiger partial charge in [0, 0.05) is 11.3 Å². The highest BCUT2D eigenvalue weighted by atomic mass is 16.3. The third kappa shape index (κ3) is 1.33. The van der Waals surface area contributed by atoms with E-state index in [-0.39, 0.29) is 0 Å². The van der Waals surface area contributed by atoms with Crippen molar-refractivity contribution in [2.45, 2.75) is 33.6 Å². The van der Waals surface area contributed by atoms with E-state index >= 15 is 0 Å². The summed E-state index contributed by atoms with van der Waals surface area (Å²) in [5.74, 6) is 1.54. The van der Waals surface area contributed by atoms with Gasteiger partial charge in [0.25, 0.3) is 0 Å². The Bertz CT molecular complexity index is 424. The smallest absolute Gasteiger partial charge is 0.137 e. The van der Waals surface area contributed by atoms with Gasteiger partial charge in [-0.05, 0) is 31.0 Å². The van der Waals surface area contributed by atoms with Gasteiger partial charge in [-0.15, -0.1) is 0 Å². The molecule has 0 fully saturated rings. The number of fused-ring (bicyclic) bond motifs is 1. The van der Waals surface area contributed by atoms with E-state index in [4.69, 9.17) is 4.42 Å². The quantitative estimate of drug-likeness (QED) is 0.654. The Morgan fingerprint density at radius 1 is 1.07 bits per heavy atom. The molecule has 1 heterocycles. The van der Waals surface area contributed by atoms with Crippen LogP contribution in [-0.4, -0.2) is 0 Å². The van der Waals surface area contributed by atoms with Crippen LogP contribution in [0.25, 0.3) is 11.0 Å². The van der Waals surface area contributed by atoms with Gasteiger partial charge in [-0.2, -0.15) is 0 Å². The minimum Gasteiger partial charge on any atom is -0.461 e. The molecule has 0 saturated carbocycles. The van der Waals surface area contributed by atoms with Crippen molar-refractivity contribution in [2.24, 2.45) is 0 Å². The summed E-state index contributed by atoms with van der Waals surface area (Å²) in [6, 6.07) is 6.44. The minimum atomic E-state index is 0.459. The molecule has 74 valence electrons. The predicted molar refractivity (Wildman–Crippen MR) is 59.8 cm³/mol. The van der Waals surface area contributed by atoms with Crippen molar-refractivity contribution < 1.29 is 4.42 Å². The summed E-state index contributed by atoms with van der Waals surface area (Å²) in [6.07, 6.45) is 0. The summed E-state index contributed by atoms with van der Waals surface area (Å²) in [5, 5.41) is 1.26. The number of rotatable bonds is 1. The molecule has 2 aromatic rings. The van der Waals surface area contributed by atoms with Crippen molar-refractivity contribution in [3.05, 3.63) is 35.1 Å². The van der Waals surface area contributed by atoms with E-state index in [1.54, 1.807) is 0 Å². The first-order valence-electron chi connectivity index (χ1n) is 5.09. The van der Waals surface area contributed by atoms with Gasteiger partial charge >= 0.3 is 0 Å². The van der Waals surface area contributed by atoms with Crippen LogP contribution in [0.5, 0.6) is 0 Å². The monoisotopic (exact) mass is 188 g/mol. The van der Waals surface area contributed by atoms with Crippen LogP contribution >= 0.6 is 0 Å². The molecule has 0 saturated heterocycles. The van der Waals surface area contributed by atoms with Crippen LogP contribution < -0.4 is 0 Å². The lowest BCUT2D eigenvalue weighted by atomic mass is 10.1. The second-order valence-electron chi connectivity index (χ2n) is 4.25. The Hall–Kier alpha value is -1.24. The Morgan fingerprint density at radius 2 is 1.71 bits per heavy atom. The molecule has 2 rings (SSSR count). The van der Waals surface area contributed by atoms with E-state index < -0.39 is 0 Å². The third-order valence-electron chi connectivity index (χ3n) is 2.69. The van der Waals surface area contributed by atoms with Gasteiger partial charge < -0.3 is 4.42 Å². The fraction of sp³-hybridized carbons (Fsp3) is 0.385. The Balaban J connectivity index is 2.75. The van der Waals surface area contributed by atoms with Crippen molar-refractivity contribution in [2.75, 3.05) is 0 Å². The third-order valence-corrected chi connectivity index (χ3v) is 2.69. The molecule has 14 heavy (non-hydrogen) atoms. The number of furan rings is 1. The molecule has 0 amide bonds. The van der Waals surface area contributed by atoms with Crippen molar-refractivity contribution in [3.8, 4) is 0 Å². The molecule has 0 spiro atoms.